The lowest BCUT2D eigenvalue weighted by atomic mass is 10.2. The van der Waals surface area contributed by atoms with Gasteiger partial charge in [0.05, 0.1) is 5.69 Å². The fourth-order valence-electron chi connectivity index (χ4n) is 0.915. The van der Waals surface area contributed by atoms with Crippen LogP contribution in [0.5, 0.6) is 0 Å². The Morgan fingerprint density at radius 1 is 1.57 bits per heavy atom. The molecule has 1 aromatic heterocycles. The zero-order valence-electron chi connectivity index (χ0n) is 8.20. The molecule has 14 heavy (non-hydrogen) atoms. The van der Waals surface area contributed by atoms with Crippen molar-refractivity contribution in [2.45, 2.75) is 0 Å². The highest BCUT2D eigenvalue weighted by atomic mass is 15.2. The summed E-state index contributed by atoms with van der Waals surface area (Å²) in [5.41, 5.74) is 8.52. The highest BCUT2D eigenvalue weighted by Gasteiger charge is 2.02. The van der Waals surface area contributed by atoms with Gasteiger partial charge < -0.3 is 11.2 Å². The van der Waals surface area contributed by atoms with E-state index in [0.29, 0.717) is 5.82 Å². The minimum atomic E-state index is 0.528. The van der Waals surface area contributed by atoms with Crippen LogP contribution in [-0.4, -0.2) is 18.7 Å². The fourth-order valence-corrected chi connectivity index (χ4v) is 0.915. The van der Waals surface area contributed by atoms with Crippen LogP contribution in [0.1, 0.15) is 5.56 Å². The number of nitrogens with two attached hydrogens (primary N) is 2. The zero-order chi connectivity index (χ0) is 11.0. The third kappa shape index (κ3) is 2.65. The number of nitrogens with one attached hydrogen (secondary N) is 1. The number of nitrogen functional groups attached to an aromatic ring is 1. The van der Waals surface area contributed by atoms with Crippen LogP contribution in [0.3, 0.4) is 0 Å². The number of rotatable bonds is 3. The van der Waals surface area contributed by atoms with E-state index in [-0.39, 0.29) is 0 Å². The minimum Gasteiger partial charge on any atom is -0.333 e. The van der Waals surface area contributed by atoms with E-state index in [2.05, 4.69) is 34.4 Å². The first-order valence-corrected chi connectivity index (χ1v) is 3.96. The van der Waals surface area contributed by atoms with Crippen molar-refractivity contribution >= 4 is 24.3 Å². The van der Waals surface area contributed by atoms with Gasteiger partial charge in [-0.1, -0.05) is 12.7 Å². The van der Waals surface area contributed by atoms with Crippen molar-refractivity contribution in [3.8, 4) is 0 Å². The molecule has 5 N–H and O–H groups in total. The highest BCUT2D eigenvalue weighted by molar-refractivity contribution is 5.73. The number of aromatic nitrogens is 1. The smallest absolute Gasteiger partial charge is 0.160 e. The molecule has 0 amide bonds. The molecule has 1 heterocycles. The number of pyridine rings is 1. The second-order valence-electron chi connectivity index (χ2n) is 2.10. The first kappa shape index (κ1) is 12.3. The van der Waals surface area contributed by atoms with Crippen molar-refractivity contribution in [3.63, 3.8) is 0 Å². The molecule has 0 aliphatic heterocycles. The lowest BCUT2D eigenvalue weighted by Crippen LogP contribution is -2.08. The maximum atomic E-state index is 5.26. The van der Waals surface area contributed by atoms with Crippen molar-refractivity contribution in [3.05, 3.63) is 24.4 Å². The normalized spacial score (nSPS) is 8.21. The second kappa shape index (κ2) is 6.76. The van der Waals surface area contributed by atoms with Crippen LogP contribution >= 0.6 is 0 Å². The molecule has 0 spiro atoms. The van der Waals surface area contributed by atoms with Crippen LogP contribution in [0.2, 0.25) is 0 Å². The van der Waals surface area contributed by atoms with Crippen LogP contribution in [0.25, 0.3) is 6.08 Å². The standard InChI is InChI=1S/C8H10N4.CH5N/c1-3-6-7(12-9)4-5-11-8(6)10-2;1-2/h3-5H,1-2,9H2,(H,11,12);2H2,1H3. The Balaban J connectivity index is 0.000000791. The van der Waals surface area contributed by atoms with Gasteiger partial charge in [-0.3, -0.25) is 5.84 Å². The molecule has 0 bridgehead atoms. The monoisotopic (exact) mass is 193 g/mol. The van der Waals surface area contributed by atoms with Crippen LogP contribution in [-0.2, 0) is 0 Å². The van der Waals surface area contributed by atoms with Gasteiger partial charge in [-0.15, -0.1) is 0 Å². The topological polar surface area (TPSA) is 89.3 Å². The summed E-state index contributed by atoms with van der Waals surface area (Å²) in [6.45, 7) is 7.01. The number of hydrazine groups is 1. The average Bonchev–Trinajstić information content (AvgIpc) is 2.30. The average molecular weight is 193 g/mol. The van der Waals surface area contributed by atoms with E-state index in [1.165, 1.54) is 7.05 Å². The van der Waals surface area contributed by atoms with E-state index < -0.39 is 0 Å². The van der Waals surface area contributed by atoms with Crippen molar-refractivity contribution in [2.75, 3.05) is 12.5 Å². The predicted molar refractivity (Wildman–Crippen MR) is 61.5 cm³/mol. The molecular formula is C9H15N5. The largest absolute Gasteiger partial charge is 0.333 e. The van der Waals surface area contributed by atoms with Crippen LogP contribution < -0.4 is 17.0 Å². The van der Waals surface area contributed by atoms with E-state index in [1.54, 1.807) is 18.3 Å². The van der Waals surface area contributed by atoms with Gasteiger partial charge >= 0.3 is 0 Å². The van der Waals surface area contributed by atoms with E-state index in [9.17, 15) is 0 Å². The summed E-state index contributed by atoms with van der Waals surface area (Å²) >= 11 is 0. The first-order chi connectivity index (χ1) is 6.83. The van der Waals surface area contributed by atoms with Gasteiger partial charge in [0, 0.05) is 11.8 Å². The van der Waals surface area contributed by atoms with Gasteiger partial charge in [-0.25, -0.2) is 9.98 Å². The van der Waals surface area contributed by atoms with Crippen LogP contribution in [0.4, 0.5) is 11.5 Å². The maximum absolute atomic E-state index is 5.26. The molecule has 0 aromatic carbocycles. The molecule has 5 nitrogen and oxygen atoms in total. The summed E-state index contributed by atoms with van der Waals surface area (Å²) in [5, 5.41) is 0. The molecule has 0 atom stereocenters. The van der Waals surface area contributed by atoms with E-state index in [1.807, 2.05) is 0 Å². The number of hydrogen-bond acceptors (Lipinski definition) is 5. The van der Waals surface area contributed by atoms with E-state index >= 15 is 0 Å². The Kier molecular flexibility index (Phi) is 5.93. The third-order valence-corrected chi connectivity index (χ3v) is 1.48. The quantitative estimate of drug-likeness (QED) is 0.378. The molecule has 1 rings (SSSR count). The van der Waals surface area contributed by atoms with Crippen molar-refractivity contribution in [2.24, 2.45) is 16.6 Å². The molecule has 0 aliphatic carbocycles. The van der Waals surface area contributed by atoms with Gasteiger partial charge in [-0.05, 0) is 19.8 Å². The van der Waals surface area contributed by atoms with Crippen molar-refractivity contribution in [1.82, 2.24) is 4.98 Å². The summed E-state index contributed by atoms with van der Waals surface area (Å²) in [7, 11) is 1.50. The molecule has 0 unspecified atom stereocenters. The Labute approximate surface area is 83.5 Å². The van der Waals surface area contributed by atoms with E-state index in [0.717, 1.165) is 11.3 Å². The molecule has 76 valence electrons. The van der Waals surface area contributed by atoms with Gasteiger partial charge in [0.15, 0.2) is 5.82 Å². The van der Waals surface area contributed by atoms with Crippen LogP contribution in [0.15, 0.2) is 23.8 Å². The number of aliphatic imine (C=N–C) groups is 1. The first-order valence-electron chi connectivity index (χ1n) is 3.96. The third-order valence-electron chi connectivity index (χ3n) is 1.48. The summed E-state index contributed by atoms with van der Waals surface area (Å²) in [4.78, 5) is 7.70. The summed E-state index contributed by atoms with van der Waals surface area (Å²) in [5.74, 6) is 5.79. The molecule has 0 radical (unpaired) electrons. The lowest BCUT2D eigenvalue weighted by molar-refractivity contribution is 1.24. The zero-order valence-corrected chi connectivity index (χ0v) is 8.20. The molecule has 5 heteroatoms. The van der Waals surface area contributed by atoms with Gasteiger partial charge in [-0.2, -0.15) is 0 Å². The number of nitrogens with zero attached hydrogens (tertiary/aromatic N) is 2. The predicted octanol–water partition coefficient (Wildman–Crippen LogP) is 0.917. The molecule has 0 fully saturated rings. The van der Waals surface area contributed by atoms with Gasteiger partial charge in [0.25, 0.3) is 0 Å². The summed E-state index contributed by atoms with van der Waals surface area (Å²) in [6.07, 6.45) is 3.23. The second-order valence-corrected chi connectivity index (χ2v) is 2.10. The van der Waals surface area contributed by atoms with Crippen LogP contribution in [0, 0.1) is 0 Å². The van der Waals surface area contributed by atoms with Crippen molar-refractivity contribution in [1.29, 1.82) is 0 Å². The SMILES string of the molecule is C=Cc1c(NN)ccnc1N=C.CN. The fraction of sp³-hybridized carbons (Fsp3) is 0.111. The Bertz CT molecular complexity index is 308. The Morgan fingerprint density at radius 2 is 2.21 bits per heavy atom. The molecule has 0 saturated carbocycles. The summed E-state index contributed by atoms with van der Waals surface area (Å²) in [6, 6.07) is 1.74. The van der Waals surface area contributed by atoms with E-state index in [4.69, 9.17) is 5.84 Å². The van der Waals surface area contributed by atoms with Gasteiger partial charge in [0.1, 0.15) is 0 Å². The number of anilines is 1. The Morgan fingerprint density at radius 3 is 2.64 bits per heavy atom. The lowest BCUT2D eigenvalue weighted by Gasteiger charge is -2.05. The minimum absolute atomic E-state index is 0.528. The number of hydrogen-bond donors (Lipinski definition) is 3. The molecule has 1 aromatic rings. The summed E-state index contributed by atoms with van der Waals surface area (Å²) < 4.78 is 0. The van der Waals surface area contributed by atoms with Gasteiger partial charge in [0.2, 0.25) is 0 Å². The van der Waals surface area contributed by atoms with Crippen molar-refractivity contribution < 1.29 is 0 Å². The molecule has 0 saturated heterocycles. The molecular weight excluding hydrogens is 178 g/mol. The highest BCUT2D eigenvalue weighted by Crippen LogP contribution is 2.23. The maximum Gasteiger partial charge on any atom is 0.160 e. The molecule has 0 aliphatic rings. The Hall–Kier alpha value is -1.72.